The number of aliphatic hydroxyl groups is 1. The first kappa shape index (κ1) is 16.1. The fourth-order valence-electron chi connectivity index (χ4n) is 2.89. The summed E-state index contributed by atoms with van der Waals surface area (Å²) in [6.45, 7) is 0.675. The average Bonchev–Trinajstić information content (AvgIpc) is 3.10. The van der Waals surface area contributed by atoms with E-state index in [1.807, 2.05) is 0 Å². The van der Waals surface area contributed by atoms with Crippen molar-refractivity contribution in [3.8, 4) is 0 Å². The minimum atomic E-state index is -3.55. The van der Waals surface area contributed by atoms with Crippen LogP contribution in [0.25, 0.3) is 0 Å². The van der Waals surface area contributed by atoms with Gasteiger partial charge < -0.3 is 10.1 Å². The van der Waals surface area contributed by atoms with Crippen molar-refractivity contribution < 1.29 is 17.9 Å². The smallest absolute Gasteiger partial charge is 0.260 e. The summed E-state index contributed by atoms with van der Waals surface area (Å²) < 4.78 is 39.1. The lowest BCUT2D eigenvalue weighted by Gasteiger charge is -2.33. The van der Waals surface area contributed by atoms with E-state index in [1.165, 1.54) is 29.0 Å². The molecule has 1 aliphatic heterocycles. The first-order chi connectivity index (χ1) is 11.0. The van der Waals surface area contributed by atoms with Crippen LogP contribution in [0.15, 0.2) is 41.8 Å². The van der Waals surface area contributed by atoms with Gasteiger partial charge >= 0.3 is 0 Å². The molecule has 1 aliphatic rings. The Bertz CT molecular complexity index is 739. The number of aromatic nitrogens is 2. The number of hydrogen-bond donors (Lipinski definition) is 2. The maximum absolute atomic E-state index is 12.9. The van der Waals surface area contributed by atoms with Crippen molar-refractivity contribution in [1.29, 1.82) is 0 Å². The van der Waals surface area contributed by atoms with E-state index >= 15 is 0 Å². The van der Waals surface area contributed by atoms with E-state index < -0.39 is 16.1 Å². The molecule has 0 radical (unpaired) electrons. The number of rotatable bonds is 4. The maximum Gasteiger partial charge on any atom is 0.260 e. The van der Waals surface area contributed by atoms with Crippen LogP contribution in [-0.2, 0) is 10.0 Å². The fraction of sp³-hybridized carbons (Fsp3) is 0.400. The molecule has 8 heteroatoms. The van der Waals surface area contributed by atoms with Crippen LogP contribution < -0.4 is 0 Å². The van der Waals surface area contributed by atoms with Crippen molar-refractivity contribution in [1.82, 2.24) is 14.3 Å². The zero-order valence-electron chi connectivity index (χ0n) is 12.4. The van der Waals surface area contributed by atoms with E-state index in [4.69, 9.17) is 0 Å². The van der Waals surface area contributed by atoms with Crippen molar-refractivity contribution >= 4 is 10.0 Å². The van der Waals surface area contributed by atoms with E-state index in [2.05, 4.69) is 9.97 Å². The maximum atomic E-state index is 12.9. The van der Waals surface area contributed by atoms with Crippen LogP contribution >= 0.6 is 0 Å². The van der Waals surface area contributed by atoms with Crippen molar-refractivity contribution in [2.24, 2.45) is 5.92 Å². The molecule has 2 heterocycles. The number of benzene rings is 1. The molecule has 0 aliphatic carbocycles. The largest absolute Gasteiger partial charge is 0.388 e. The van der Waals surface area contributed by atoms with E-state index in [1.54, 1.807) is 12.1 Å². The molecule has 1 atom stereocenters. The molecule has 0 spiro atoms. The van der Waals surface area contributed by atoms with Gasteiger partial charge in [0.25, 0.3) is 10.0 Å². The second kappa shape index (κ2) is 6.38. The van der Waals surface area contributed by atoms with Crippen LogP contribution in [0.1, 0.15) is 24.5 Å². The van der Waals surface area contributed by atoms with Crippen LogP contribution in [0.5, 0.6) is 0 Å². The number of sulfonamides is 1. The molecule has 0 bridgehead atoms. The molecule has 2 aromatic rings. The van der Waals surface area contributed by atoms with Crippen LogP contribution in [-0.4, -0.2) is 40.9 Å². The highest BCUT2D eigenvalue weighted by Crippen LogP contribution is 2.32. The molecule has 124 valence electrons. The zero-order chi connectivity index (χ0) is 16.4. The molecule has 1 saturated heterocycles. The van der Waals surface area contributed by atoms with Gasteiger partial charge in [-0.05, 0) is 36.5 Å². The molecular weight excluding hydrogens is 321 g/mol. The highest BCUT2D eigenvalue weighted by Gasteiger charge is 2.33. The standard InChI is InChI=1S/C15H18FN3O3S/c16-13-3-1-11(2-4-13)15(20)12-5-7-19(8-6-12)23(21,22)14-9-17-10-18-14/h1-4,9-10,12,15,20H,5-8H2,(H,17,18)/t15-/m1/s1. The summed E-state index contributed by atoms with van der Waals surface area (Å²) in [5.74, 6) is -0.393. The predicted octanol–water partition coefficient (Wildman–Crippen LogP) is 1.68. The fourth-order valence-corrected chi connectivity index (χ4v) is 4.25. The number of hydrogen-bond acceptors (Lipinski definition) is 4. The first-order valence-corrected chi connectivity index (χ1v) is 8.84. The number of nitrogens with zero attached hydrogens (tertiary/aromatic N) is 2. The zero-order valence-corrected chi connectivity index (χ0v) is 13.2. The molecule has 0 saturated carbocycles. The lowest BCUT2D eigenvalue weighted by Crippen LogP contribution is -2.39. The van der Waals surface area contributed by atoms with Crippen molar-refractivity contribution in [3.63, 3.8) is 0 Å². The molecule has 1 aromatic carbocycles. The molecule has 0 unspecified atom stereocenters. The van der Waals surface area contributed by atoms with Crippen LogP contribution in [0.4, 0.5) is 4.39 Å². The Morgan fingerprint density at radius 3 is 2.48 bits per heavy atom. The van der Waals surface area contributed by atoms with E-state index in [0.29, 0.717) is 31.5 Å². The summed E-state index contributed by atoms with van der Waals surface area (Å²) in [6, 6.07) is 5.76. The number of imidazole rings is 1. The van der Waals surface area contributed by atoms with Gasteiger partial charge in [-0.2, -0.15) is 4.31 Å². The highest BCUT2D eigenvalue weighted by molar-refractivity contribution is 7.89. The van der Waals surface area contributed by atoms with Gasteiger partial charge in [0.05, 0.1) is 18.6 Å². The Hall–Kier alpha value is -1.77. The number of nitrogens with one attached hydrogen (secondary N) is 1. The molecule has 1 fully saturated rings. The quantitative estimate of drug-likeness (QED) is 0.887. The molecule has 0 amide bonds. The number of H-pyrrole nitrogens is 1. The lowest BCUT2D eigenvalue weighted by molar-refractivity contribution is 0.0759. The Balaban J connectivity index is 1.65. The van der Waals surface area contributed by atoms with Crippen molar-refractivity contribution in [3.05, 3.63) is 48.2 Å². The molecule has 3 rings (SSSR count). The second-order valence-corrected chi connectivity index (χ2v) is 7.56. The summed E-state index contributed by atoms with van der Waals surface area (Å²) in [7, 11) is -3.55. The summed E-state index contributed by atoms with van der Waals surface area (Å²) in [5.41, 5.74) is 0.654. The number of aromatic amines is 1. The number of aliphatic hydroxyl groups excluding tert-OH is 1. The van der Waals surface area contributed by atoms with Crippen molar-refractivity contribution in [2.45, 2.75) is 24.0 Å². The monoisotopic (exact) mass is 339 g/mol. The molecule has 23 heavy (non-hydrogen) atoms. The van der Waals surface area contributed by atoms with E-state index in [-0.39, 0.29) is 16.8 Å². The second-order valence-electron chi connectivity index (χ2n) is 5.65. The number of halogens is 1. The summed E-state index contributed by atoms with van der Waals surface area (Å²) in [6.07, 6.45) is 3.00. The van der Waals surface area contributed by atoms with Gasteiger partial charge in [0.15, 0.2) is 5.03 Å². The third kappa shape index (κ3) is 3.29. The van der Waals surface area contributed by atoms with Crippen LogP contribution in [0.3, 0.4) is 0 Å². The SMILES string of the molecule is O=S(=O)(c1cnc[nH]1)N1CCC([C@H](O)c2ccc(F)cc2)CC1. The van der Waals surface area contributed by atoms with Gasteiger partial charge in [-0.1, -0.05) is 12.1 Å². The Kier molecular flexibility index (Phi) is 4.47. The summed E-state index contributed by atoms with van der Waals surface area (Å²) >= 11 is 0. The van der Waals surface area contributed by atoms with Gasteiger partial charge in [-0.25, -0.2) is 17.8 Å². The van der Waals surface area contributed by atoms with Gasteiger partial charge in [-0.3, -0.25) is 0 Å². The highest BCUT2D eigenvalue weighted by atomic mass is 32.2. The van der Waals surface area contributed by atoms with Gasteiger partial charge in [0.2, 0.25) is 0 Å². The average molecular weight is 339 g/mol. The number of piperidine rings is 1. The van der Waals surface area contributed by atoms with Crippen LogP contribution in [0.2, 0.25) is 0 Å². The van der Waals surface area contributed by atoms with Gasteiger partial charge in [0.1, 0.15) is 5.82 Å². The Morgan fingerprint density at radius 2 is 1.91 bits per heavy atom. The summed E-state index contributed by atoms with van der Waals surface area (Å²) in [5, 5.41) is 10.5. The predicted molar refractivity (Wildman–Crippen MR) is 81.4 cm³/mol. The minimum Gasteiger partial charge on any atom is -0.388 e. The molecule has 1 aromatic heterocycles. The lowest BCUT2D eigenvalue weighted by atomic mass is 9.88. The molecule has 2 N–H and O–H groups in total. The normalized spacial score (nSPS) is 18.9. The third-order valence-electron chi connectivity index (χ3n) is 4.25. The molecule has 6 nitrogen and oxygen atoms in total. The van der Waals surface area contributed by atoms with Crippen LogP contribution in [0, 0.1) is 11.7 Å². The van der Waals surface area contributed by atoms with Gasteiger partial charge in [0, 0.05) is 13.1 Å². The topological polar surface area (TPSA) is 86.3 Å². The van der Waals surface area contributed by atoms with Gasteiger partial charge in [-0.15, -0.1) is 0 Å². The van der Waals surface area contributed by atoms with E-state index in [0.717, 1.165) is 0 Å². The first-order valence-electron chi connectivity index (χ1n) is 7.40. The molecular formula is C15H18FN3O3S. The minimum absolute atomic E-state index is 0.0475. The summed E-state index contributed by atoms with van der Waals surface area (Å²) in [4.78, 5) is 6.36. The van der Waals surface area contributed by atoms with E-state index in [9.17, 15) is 17.9 Å². The Labute approximate surface area is 134 Å². The third-order valence-corrected chi connectivity index (χ3v) is 6.07. The van der Waals surface area contributed by atoms with Crippen molar-refractivity contribution in [2.75, 3.05) is 13.1 Å². The Morgan fingerprint density at radius 1 is 1.26 bits per heavy atom.